The predicted octanol–water partition coefficient (Wildman–Crippen LogP) is 4.51. The Balaban J connectivity index is 1.99. The average molecular weight is 322 g/mol. The molecule has 2 aromatic rings. The molecule has 1 amide bonds. The highest BCUT2D eigenvalue weighted by atomic mass is 35.5. The van der Waals surface area contributed by atoms with E-state index in [9.17, 15) is 9.18 Å². The SMILES string of the molecule is O=C1CCSc2ccc(Cl)cc2N1Cc1cccc(F)c1. The van der Waals surface area contributed by atoms with Crippen molar-refractivity contribution in [1.29, 1.82) is 0 Å². The van der Waals surface area contributed by atoms with Gasteiger partial charge < -0.3 is 4.90 Å². The van der Waals surface area contributed by atoms with Crippen molar-refractivity contribution in [3.05, 3.63) is 58.9 Å². The van der Waals surface area contributed by atoms with Gasteiger partial charge in [0.2, 0.25) is 5.91 Å². The molecule has 1 aliphatic rings. The van der Waals surface area contributed by atoms with Gasteiger partial charge in [0.1, 0.15) is 5.82 Å². The Morgan fingerprint density at radius 2 is 2.10 bits per heavy atom. The molecule has 3 rings (SSSR count). The Kier molecular flexibility index (Phi) is 4.17. The van der Waals surface area contributed by atoms with Gasteiger partial charge in [-0.3, -0.25) is 4.79 Å². The van der Waals surface area contributed by atoms with Crippen LogP contribution in [0.1, 0.15) is 12.0 Å². The Morgan fingerprint density at radius 1 is 1.24 bits per heavy atom. The van der Waals surface area contributed by atoms with Gasteiger partial charge >= 0.3 is 0 Å². The molecule has 0 fully saturated rings. The summed E-state index contributed by atoms with van der Waals surface area (Å²) in [6, 6.07) is 11.9. The van der Waals surface area contributed by atoms with E-state index < -0.39 is 0 Å². The number of anilines is 1. The van der Waals surface area contributed by atoms with Gasteiger partial charge in [-0.05, 0) is 35.9 Å². The second-order valence-electron chi connectivity index (χ2n) is 4.82. The molecule has 0 aliphatic carbocycles. The van der Waals surface area contributed by atoms with Crippen LogP contribution in [0.4, 0.5) is 10.1 Å². The fraction of sp³-hybridized carbons (Fsp3) is 0.188. The van der Waals surface area contributed by atoms with Crippen molar-refractivity contribution in [1.82, 2.24) is 0 Å². The van der Waals surface area contributed by atoms with E-state index in [4.69, 9.17) is 11.6 Å². The number of amides is 1. The van der Waals surface area contributed by atoms with Crippen LogP contribution in [0.5, 0.6) is 0 Å². The van der Waals surface area contributed by atoms with E-state index in [0.29, 0.717) is 18.0 Å². The molecule has 0 saturated heterocycles. The molecule has 2 aromatic carbocycles. The van der Waals surface area contributed by atoms with Crippen molar-refractivity contribution in [2.24, 2.45) is 0 Å². The van der Waals surface area contributed by atoms with Gasteiger partial charge in [0.05, 0.1) is 12.2 Å². The van der Waals surface area contributed by atoms with E-state index in [-0.39, 0.29) is 11.7 Å². The smallest absolute Gasteiger partial charge is 0.228 e. The molecule has 0 N–H and O–H groups in total. The van der Waals surface area contributed by atoms with Gasteiger partial charge in [0.25, 0.3) is 0 Å². The molecule has 0 radical (unpaired) electrons. The molecule has 0 bridgehead atoms. The first-order chi connectivity index (χ1) is 10.1. The quantitative estimate of drug-likeness (QED) is 0.811. The minimum atomic E-state index is -0.296. The van der Waals surface area contributed by atoms with E-state index in [2.05, 4.69) is 0 Å². The van der Waals surface area contributed by atoms with Gasteiger partial charge in [0, 0.05) is 22.1 Å². The second kappa shape index (κ2) is 6.08. The highest BCUT2D eigenvalue weighted by molar-refractivity contribution is 7.99. The third-order valence-corrected chi connectivity index (χ3v) is 4.62. The normalized spacial score (nSPS) is 14.8. The lowest BCUT2D eigenvalue weighted by Crippen LogP contribution is -2.29. The Bertz CT molecular complexity index is 692. The minimum absolute atomic E-state index is 0.0350. The van der Waals surface area contributed by atoms with Gasteiger partial charge in [0.15, 0.2) is 0 Å². The molecule has 1 aliphatic heterocycles. The summed E-state index contributed by atoms with van der Waals surface area (Å²) in [5.74, 6) is 0.482. The molecule has 1 heterocycles. The number of hydrogen-bond acceptors (Lipinski definition) is 2. The summed E-state index contributed by atoms with van der Waals surface area (Å²) in [6.07, 6.45) is 0.465. The number of rotatable bonds is 2. The van der Waals surface area contributed by atoms with E-state index in [1.54, 1.807) is 28.8 Å². The predicted molar refractivity (Wildman–Crippen MR) is 84.4 cm³/mol. The highest BCUT2D eigenvalue weighted by Gasteiger charge is 2.23. The molecule has 0 atom stereocenters. The topological polar surface area (TPSA) is 20.3 Å². The number of carbonyl (C=O) groups excluding carboxylic acids is 1. The highest BCUT2D eigenvalue weighted by Crippen LogP contribution is 2.36. The van der Waals surface area contributed by atoms with Crippen LogP contribution >= 0.6 is 23.4 Å². The number of carbonyl (C=O) groups is 1. The van der Waals surface area contributed by atoms with Crippen molar-refractivity contribution in [3.63, 3.8) is 0 Å². The first-order valence-electron chi connectivity index (χ1n) is 6.60. The van der Waals surface area contributed by atoms with Crippen LogP contribution in [0.2, 0.25) is 5.02 Å². The van der Waals surface area contributed by atoms with Crippen LogP contribution in [0.15, 0.2) is 47.4 Å². The van der Waals surface area contributed by atoms with E-state index in [1.165, 1.54) is 12.1 Å². The maximum Gasteiger partial charge on any atom is 0.228 e. The van der Waals surface area contributed by atoms with Gasteiger partial charge in [-0.15, -0.1) is 11.8 Å². The fourth-order valence-electron chi connectivity index (χ4n) is 2.33. The summed E-state index contributed by atoms with van der Waals surface area (Å²) in [4.78, 5) is 15.1. The summed E-state index contributed by atoms with van der Waals surface area (Å²) in [7, 11) is 0. The number of halogens is 2. The first kappa shape index (κ1) is 14.4. The average Bonchev–Trinajstić information content (AvgIpc) is 2.60. The molecule has 21 heavy (non-hydrogen) atoms. The summed E-state index contributed by atoms with van der Waals surface area (Å²) in [5.41, 5.74) is 1.57. The zero-order chi connectivity index (χ0) is 14.8. The van der Waals surface area contributed by atoms with Crippen molar-refractivity contribution >= 4 is 35.0 Å². The van der Waals surface area contributed by atoms with E-state index >= 15 is 0 Å². The molecule has 5 heteroatoms. The largest absolute Gasteiger partial charge is 0.307 e. The summed E-state index contributed by atoms with van der Waals surface area (Å²) >= 11 is 7.71. The summed E-state index contributed by atoms with van der Waals surface area (Å²) in [6.45, 7) is 0.352. The van der Waals surface area contributed by atoms with E-state index in [0.717, 1.165) is 21.9 Å². The molecule has 0 aromatic heterocycles. The van der Waals surface area contributed by atoms with Crippen molar-refractivity contribution < 1.29 is 9.18 Å². The van der Waals surface area contributed by atoms with Crippen LogP contribution in [0, 0.1) is 5.82 Å². The van der Waals surface area contributed by atoms with Crippen molar-refractivity contribution in [3.8, 4) is 0 Å². The number of benzene rings is 2. The van der Waals surface area contributed by atoms with Crippen LogP contribution in [-0.2, 0) is 11.3 Å². The zero-order valence-electron chi connectivity index (χ0n) is 11.2. The minimum Gasteiger partial charge on any atom is -0.307 e. The van der Waals surface area contributed by atoms with Crippen LogP contribution in [-0.4, -0.2) is 11.7 Å². The maximum absolute atomic E-state index is 13.3. The van der Waals surface area contributed by atoms with Crippen LogP contribution in [0.25, 0.3) is 0 Å². The molecular formula is C16H13ClFNOS. The molecule has 0 unspecified atom stereocenters. The summed E-state index contributed by atoms with van der Waals surface area (Å²) < 4.78 is 13.3. The van der Waals surface area contributed by atoms with Crippen LogP contribution < -0.4 is 4.90 Å². The van der Waals surface area contributed by atoms with E-state index in [1.807, 2.05) is 18.2 Å². The molecule has 0 saturated carbocycles. The summed E-state index contributed by atoms with van der Waals surface area (Å²) in [5, 5.41) is 0.591. The molecule has 108 valence electrons. The van der Waals surface area contributed by atoms with Gasteiger partial charge in [-0.2, -0.15) is 0 Å². The van der Waals surface area contributed by atoms with Gasteiger partial charge in [-0.25, -0.2) is 4.39 Å². The van der Waals surface area contributed by atoms with Crippen molar-refractivity contribution in [2.45, 2.75) is 17.9 Å². The van der Waals surface area contributed by atoms with Crippen molar-refractivity contribution in [2.75, 3.05) is 10.7 Å². The number of hydrogen-bond donors (Lipinski definition) is 0. The standard InChI is InChI=1S/C16H13ClFNOS/c17-12-4-5-15-14(9-12)19(16(20)6-7-21-15)10-11-2-1-3-13(18)8-11/h1-5,8-9H,6-7,10H2. The third-order valence-electron chi connectivity index (χ3n) is 3.32. The van der Waals surface area contributed by atoms with Crippen LogP contribution in [0.3, 0.4) is 0 Å². The monoisotopic (exact) mass is 321 g/mol. The fourth-order valence-corrected chi connectivity index (χ4v) is 3.48. The third kappa shape index (κ3) is 3.22. The lowest BCUT2D eigenvalue weighted by atomic mass is 10.1. The lowest BCUT2D eigenvalue weighted by molar-refractivity contribution is -0.118. The maximum atomic E-state index is 13.3. The Labute approximate surface area is 131 Å². The first-order valence-corrected chi connectivity index (χ1v) is 7.97. The second-order valence-corrected chi connectivity index (χ2v) is 6.39. The number of nitrogens with zero attached hydrogens (tertiary/aromatic N) is 1. The Hall–Kier alpha value is -1.52. The number of fused-ring (bicyclic) bond motifs is 1. The Morgan fingerprint density at radius 3 is 2.90 bits per heavy atom. The molecular weight excluding hydrogens is 309 g/mol. The molecule has 2 nitrogen and oxygen atoms in total. The van der Waals surface area contributed by atoms with Gasteiger partial charge in [-0.1, -0.05) is 23.7 Å². The number of thioether (sulfide) groups is 1. The lowest BCUT2D eigenvalue weighted by Gasteiger charge is -2.23. The molecule has 0 spiro atoms. The zero-order valence-corrected chi connectivity index (χ0v) is 12.8.